The van der Waals surface area contributed by atoms with Crippen LogP contribution in [0.25, 0.3) is 11.3 Å². The van der Waals surface area contributed by atoms with Gasteiger partial charge in [0.2, 0.25) is 0 Å². The van der Waals surface area contributed by atoms with E-state index in [2.05, 4.69) is 53.7 Å². The van der Waals surface area contributed by atoms with Crippen molar-refractivity contribution in [2.24, 2.45) is 0 Å². The molecule has 1 amide bonds. The Kier molecular flexibility index (Phi) is 8.38. The predicted octanol–water partition coefficient (Wildman–Crippen LogP) is 4.79. The van der Waals surface area contributed by atoms with Gasteiger partial charge in [-0.2, -0.15) is 0 Å². The van der Waals surface area contributed by atoms with Gasteiger partial charge in [0.25, 0.3) is 5.91 Å². The maximum Gasteiger partial charge on any atom is 0.338 e. The summed E-state index contributed by atoms with van der Waals surface area (Å²) in [6, 6.07) is 23.2. The molecule has 192 valence electrons. The van der Waals surface area contributed by atoms with E-state index >= 15 is 0 Å². The van der Waals surface area contributed by atoms with E-state index in [1.54, 1.807) is 25.1 Å². The molecule has 7 heteroatoms. The highest BCUT2D eigenvalue weighted by molar-refractivity contribution is 6.37. The second-order valence-corrected chi connectivity index (χ2v) is 9.41. The SMILES string of the molecule is CCOC(=O)c1ccc2c(c1)NC(=O)C2=C(Nc1ccc(CN(C)CCN(C)C)cc1)c1ccccc1. The molecule has 7 nitrogen and oxygen atoms in total. The Labute approximate surface area is 218 Å². The average Bonchev–Trinajstić information content (AvgIpc) is 3.22. The van der Waals surface area contributed by atoms with Gasteiger partial charge in [0.05, 0.1) is 29.1 Å². The van der Waals surface area contributed by atoms with E-state index in [9.17, 15) is 9.59 Å². The van der Waals surface area contributed by atoms with Gasteiger partial charge in [-0.15, -0.1) is 0 Å². The molecule has 0 fully saturated rings. The number of amides is 1. The number of esters is 1. The molecular formula is C30H34N4O3. The summed E-state index contributed by atoms with van der Waals surface area (Å²) in [6.45, 7) is 4.92. The molecule has 4 rings (SSSR count). The summed E-state index contributed by atoms with van der Waals surface area (Å²) >= 11 is 0. The van der Waals surface area contributed by atoms with Crippen LogP contribution >= 0.6 is 0 Å². The topological polar surface area (TPSA) is 73.9 Å². The van der Waals surface area contributed by atoms with Gasteiger partial charge >= 0.3 is 5.97 Å². The molecule has 0 radical (unpaired) electrons. The van der Waals surface area contributed by atoms with Crippen LogP contribution in [0.15, 0.2) is 72.8 Å². The third kappa shape index (κ3) is 6.44. The monoisotopic (exact) mass is 498 g/mol. The maximum absolute atomic E-state index is 13.2. The van der Waals surface area contributed by atoms with Gasteiger partial charge in [0.1, 0.15) is 0 Å². The Morgan fingerprint density at radius 3 is 2.32 bits per heavy atom. The second-order valence-electron chi connectivity index (χ2n) is 9.41. The Hall–Kier alpha value is -3.94. The zero-order valence-corrected chi connectivity index (χ0v) is 21.9. The van der Waals surface area contributed by atoms with Gasteiger partial charge in [-0.3, -0.25) is 4.79 Å². The highest BCUT2D eigenvalue weighted by Gasteiger charge is 2.29. The summed E-state index contributed by atoms with van der Waals surface area (Å²) in [5.74, 6) is -0.632. The summed E-state index contributed by atoms with van der Waals surface area (Å²) in [5, 5.41) is 6.41. The van der Waals surface area contributed by atoms with Crippen molar-refractivity contribution in [3.63, 3.8) is 0 Å². The smallest absolute Gasteiger partial charge is 0.338 e. The molecular weight excluding hydrogens is 464 g/mol. The second kappa shape index (κ2) is 11.9. The van der Waals surface area contributed by atoms with Gasteiger partial charge in [-0.05, 0) is 63.5 Å². The van der Waals surface area contributed by atoms with Crippen LogP contribution < -0.4 is 10.6 Å². The molecule has 3 aromatic carbocycles. The van der Waals surface area contributed by atoms with E-state index < -0.39 is 5.97 Å². The lowest BCUT2D eigenvalue weighted by molar-refractivity contribution is -0.110. The fourth-order valence-corrected chi connectivity index (χ4v) is 4.25. The number of anilines is 2. The summed E-state index contributed by atoms with van der Waals surface area (Å²) < 4.78 is 5.11. The molecule has 0 aliphatic carbocycles. The van der Waals surface area contributed by atoms with Crippen molar-refractivity contribution in [3.05, 3.63) is 95.1 Å². The van der Waals surface area contributed by atoms with Crippen molar-refractivity contribution in [1.29, 1.82) is 0 Å². The van der Waals surface area contributed by atoms with Crippen LogP contribution in [0, 0.1) is 0 Å². The summed E-state index contributed by atoms with van der Waals surface area (Å²) in [7, 11) is 6.28. The van der Waals surface area contributed by atoms with Crippen LogP contribution in [0.2, 0.25) is 0 Å². The quantitative estimate of drug-likeness (QED) is 0.309. The van der Waals surface area contributed by atoms with Gasteiger partial charge in [-0.1, -0.05) is 48.5 Å². The Balaban J connectivity index is 1.64. The molecule has 0 bridgehead atoms. The summed E-state index contributed by atoms with van der Waals surface area (Å²) in [5.41, 5.74) is 5.97. The molecule has 0 saturated carbocycles. The van der Waals surface area contributed by atoms with Crippen molar-refractivity contribution in [1.82, 2.24) is 9.80 Å². The van der Waals surface area contributed by atoms with E-state index in [1.807, 2.05) is 42.5 Å². The fraction of sp³-hybridized carbons (Fsp3) is 0.267. The molecule has 0 atom stereocenters. The first kappa shape index (κ1) is 26.1. The number of benzene rings is 3. The third-order valence-corrected chi connectivity index (χ3v) is 6.19. The van der Waals surface area contributed by atoms with Crippen LogP contribution in [0.3, 0.4) is 0 Å². The van der Waals surface area contributed by atoms with Crippen molar-refractivity contribution >= 4 is 34.5 Å². The largest absolute Gasteiger partial charge is 0.462 e. The van der Waals surface area contributed by atoms with Crippen molar-refractivity contribution in [2.45, 2.75) is 13.5 Å². The van der Waals surface area contributed by atoms with Crippen molar-refractivity contribution < 1.29 is 14.3 Å². The van der Waals surface area contributed by atoms with E-state index in [-0.39, 0.29) is 5.91 Å². The van der Waals surface area contributed by atoms with E-state index in [1.165, 1.54) is 5.56 Å². The first-order valence-corrected chi connectivity index (χ1v) is 12.5. The summed E-state index contributed by atoms with van der Waals surface area (Å²) in [4.78, 5) is 29.9. The lowest BCUT2D eigenvalue weighted by Gasteiger charge is -2.20. The molecule has 0 saturated heterocycles. The minimum absolute atomic E-state index is 0.221. The zero-order chi connectivity index (χ0) is 26.4. The number of hydrogen-bond donors (Lipinski definition) is 2. The van der Waals surface area contributed by atoms with Gasteiger partial charge in [0.15, 0.2) is 0 Å². The van der Waals surface area contributed by atoms with Crippen LogP contribution in [-0.2, 0) is 16.1 Å². The molecule has 0 spiro atoms. The van der Waals surface area contributed by atoms with E-state index in [0.717, 1.165) is 36.4 Å². The van der Waals surface area contributed by atoms with E-state index in [4.69, 9.17) is 4.74 Å². The number of nitrogens with zero attached hydrogens (tertiary/aromatic N) is 2. The molecule has 1 heterocycles. The normalized spacial score (nSPS) is 13.9. The minimum atomic E-state index is -0.411. The van der Waals surface area contributed by atoms with Crippen molar-refractivity contribution in [3.8, 4) is 0 Å². The molecule has 37 heavy (non-hydrogen) atoms. The number of ether oxygens (including phenoxy) is 1. The number of rotatable bonds is 10. The lowest BCUT2D eigenvalue weighted by atomic mass is 9.99. The Morgan fingerprint density at radius 1 is 0.919 bits per heavy atom. The number of fused-ring (bicyclic) bond motifs is 1. The standard InChI is InChI=1S/C30H34N4O3/c1-5-37-30(36)23-13-16-25-26(19-23)32-29(35)27(25)28(22-9-7-6-8-10-22)31-24-14-11-21(12-15-24)20-34(4)18-17-33(2)3/h6-16,19,31H,5,17-18,20H2,1-4H3,(H,32,35). The summed E-state index contributed by atoms with van der Waals surface area (Å²) in [6.07, 6.45) is 0. The number of carbonyl (C=O) groups excluding carboxylic acids is 2. The number of likely N-dealkylation sites (N-methyl/N-ethyl adjacent to an activating group) is 2. The highest BCUT2D eigenvalue weighted by atomic mass is 16.5. The first-order valence-electron chi connectivity index (χ1n) is 12.5. The zero-order valence-electron chi connectivity index (χ0n) is 21.9. The molecule has 0 aromatic heterocycles. The molecule has 2 N–H and O–H groups in total. The maximum atomic E-state index is 13.2. The Morgan fingerprint density at radius 2 is 1.65 bits per heavy atom. The minimum Gasteiger partial charge on any atom is -0.462 e. The first-order chi connectivity index (χ1) is 17.9. The van der Waals surface area contributed by atoms with Crippen molar-refractivity contribution in [2.75, 3.05) is 51.5 Å². The molecule has 3 aromatic rings. The average molecular weight is 499 g/mol. The van der Waals surface area contributed by atoms with Gasteiger partial charge in [-0.25, -0.2) is 4.79 Å². The molecule has 0 unspecified atom stereocenters. The molecule has 1 aliphatic heterocycles. The van der Waals surface area contributed by atoms with Crippen LogP contribution in [-0.4, -0.2) is 62.5 Å². The van der Waals surface area contributed by atoms with Crippen LogP contribution in [0.4, 0.5) is 11.4 Å². The number of carbonyl (C=O) groups is 2. The number of nitrogens with one attached hydrogen (secondary N) is 2. The third-order valence-electron chi connectivity index (χ3n) is 6.19. The lowest BCUT2D eigenvalue weighted by Crippen LogP contribution is -2.28. The van der Waals surface area contributed by atoms with Crippen LogP contribution in [0.5, 0.6) is 0 Å². The fourth-order valence-electron chi connectivity index (χ4n) is 4.25. The Bertz CT molecular complexity index is 1280. The number of hydrogen-bond acceptors (Lipinski definition) is 6. The predicted molar refractivity (Wildman–Crippen MR) is 149 cm³/mol. The van der Waals surface area contributed by atoms with Gasteiger partial charge < -0.3 is 25.2 Å². The van der Waals surface area contributed by atoms with Gasteiger partial charge in [0, 0.05) is 30.9 Å². The van der Waals surface area contributed by atoms with Crippen LogP contribution in [0.1, 0.15) is 34.0 Å². The highest BCUT2D eigenvalue weighted by Crippen LogP contribution is 2.38. The van der Waals surface area contributed by atoms with E-state index in [0.29, 0.717) is 29.1 Å². The molecule has 1 aliphatic rings.